The van der Waals surface area contributed by atoms with Gasteiger partial charge in [0.15, 0.2) is 11.2 Å². The molecule has 0 aliphatic carbocycles. The number of hydrogen-bond acceptors (Lipinski definition) is 5. The third-order valence-electron chi connectivity index (χ3n) is 3.89. The molecule has 4 nitrogen and oxygen atoms in total. The third-order valence-corrected chi connectivity index (χ3v) is 5.48. The normalized spacial score (nSPS) is 20.9. The van der Waals surface area contributed by atoms with Gasteiger partial charge in [0.1, 0.15) is 10.7 Å². The first-order valence-corrected chi connectivity index (χ1v) is 9.49. The van der Waals surface area contributed by atoms with Gasteiger partial charge in [-0.05, 0) is 37.6 Å². The summed E-state index contributed by atoms with van der Waals surface area (Å²) in [4.78, 5) is 11.0. The first kappa shape index (κ1) is 21.9. The fourth-order valence-electron chi connectivity index (χ4n) is 2.64. The molecule has 0 bridgehead atoms. The zero-order chi connectivity index (χ0) is 20.2. The first-order valence-electron chi connectivity index (χ1n) is 8.29. The molecule has 1 aliphatic rings. The number of alkyl halides is 3. The largest absolute Gasteiger partial charge is 0.467 e. The molecule has 0 amide bonds. The van der Waals surface area contributed by atoms with Crippen molar-refractivity contribution in [1.29, 1.82) is 0 Å². The number of methoxy groups -OCH3 is 1. The maximum atomic E-state index is 12.7. The van der Waals surface area contributed by atoms with Gasteiger partial charge >= 0.3 is 12.1 Å². The Kier molecular flexibility index (Phi) is 7.10. The lowest BCUT2D eigenvalue weighted by Crippen LogP contribution is -2.35. The summed E-state index contributed by atoms with van der Waals surface area (Å²) in [5.74, 6) is -0.358. The monoisotopic (exact) mass is 424 g/mol. The molecule has 2 rings (SSSR count). The molecular formula is C18H20ClF3O4S. The van der Waals surface area contributed by atoms with E-state index in [1.807, 2.05) is 6.92 Å². The summed E-state index contributed by atoms with van der Waals surface area (Å²) in [6.07, 6.45) is -1.50. The molecule has 1 aliphatic heterocycles. The second-order valence-corrected chi connectivity index (χ2v) is 7.78. The minimum Gasteiger partial charge on any atom is -0.467 e. The Morgan fingerprint density at radius 3 is 2.67 bits per heavy atom. The summed E-state index contributed by atoms with van der Waals surface area (Å²) in [6, 6.07) is 2.92. The molecule has 1 aromatic carbocycles. The van der Waals surface area contributed by atoms with Crippen LogP contribution in [0.3, 0.4) is 0 Å². The maximum absolute atomic E-state index is 12.7. The summed E-state index contributed by atoms with van der Waals surface area (Å²) in [5.41, 5.74) is -0.844. The number of halogens is 4. The Morgan fingerprint density at radius 2 is 2.11 bits per heavy atom. The van der Waals surface area contributed by atoms with Crippen LogP contribution in [0.2, 0.25) is 5.02 Å². The van der Waals surface area contributed by atoms with Crippen LogP contribution in [0.4, 0.5) is 13.2 Å². The van der Waals surface area contributed by atoms with Crippen LogP contribution in [0.5, 0.6) is 5.75 Å². The topological polar surface area (TPSA) is 44.8 Å². The molecule has 0 N–H and O–H groups in total. The quantitative estimate of drug-likeness (QED) is 0.518. The van der Waals surface area contributed by atoms with Crippen molar-refractivity contribution in [2.45, 2.75) is 50.3 Å². The summed E-state index contributed by atoms with van der Waals surface area (Å²) >= 11 is 7.22. The van der Waals surface area contributed by atoms with E-state index < -0.39 is 28.7 Å². The first-order chi connectivity index (χ1) is 12.6. The van der Waals surface area contributed by atoms with Crippen molar-refractivity contribution < 1.29 is 32.2 Å². The summed E-state index contributed by atoms with van der Waals surface area (Å²) in [6.45, 7) is 3.59. The molecule has 0 spiro atoms. The van der Waals surface area contributed by atoms with Gasteiger partial charge in [-0.2, -0.15) is 13.2 Å². The molecule has 0 fully saturated rings. The van der Waals surface area contributed by atoms with E-state index in [4.69, 9.17) is 25.8 Å². The van der Waals surface area contributed by atoms with Crippen LogP contribution in [0.1, 0.15) is 38.7 Å². The summed E-state index contributed by atoms with van der Waals surface area (Å²) in [7, 11) is 1.29. The highest BCUT2D eigenvalue weighted by Crippen LogP contribution is 2.48. The number of carbonyl (C=O) groups excluding carboxylic acids is 1. The second kappa shape index (κ2) is 8.75. The number of benzene rings is 1. The molecule has 2 atom stereocenters. The summed E-state index contributed by atoms with van der Waals surface area (Å²) in [5, 5.41) is 0.324. The molecule has 0 saturated heterocycles. The Labute approximate surface area is 165 Å². The zero-order valence-corrected chi connectivity index (χ0v) is 16.6. The maximum Gasteiger partial charge on any atom is 0.416 e. The van der Waals surface area contributed by atoms with E-state index in [9.17, 15) is 18.0 Å². The van der Waals surface area contributed by atoms with E-state index >= 15 is 0 Å². The standard InChI is InChI=1S/C18H20ClF3O4S/c1-4-8-17(26-11(2)16(23)24-3)9-7-15(27-17)25-14-6-5-12(10-13(14)19)18(20,21)22/h5-7,10-11H,4,8-9H2,1-3H3. The predicted octanol–water partition coefficient (Wildman–Crippen LogP) is 5.79. The smallest absolute Gasteiger partial charge is 0.416 e. The molecule has 9 heteroatoms. The molecule has 1 aromatic rings. The van der Waals surface area contributed by atoms with E-state index in [0.29, 0.717) is 17.9 Å². The number of rotatable bonds is 7. The van der Waals surface area contributed by atoms with Gasteiger partial charge in [-0.3, -0.25) is 0 Å². The van der Waals surface area contributed by atoms with Gasteiger partial charge in [0.05, 0.1) is 17.7 Å². The van der Waals surface area contributed by atoms with Crippen molar-refractivity contribution in [3.05, 3.63) is 40.0 Å². The van der Waals surface area contributed by atoms with E-state index in [2.05, 4.69) is 0 Å². The van der Waals surface area contributed by atoms with Crippen LogP contribution in [-0.2, 0) is 20.4 Å². The molecule has 2 unspecified atom stereocenters. The lowest BCUT2D eigenvalue weighted by atomic mass is 10.1. The van der Waals surface area contributed by atoms with Crippen LogP contribution in [0.25, 0.3) is 0 Å². The van der Waals surface area contributed by atoms with Crippen molar-refractivity contribution in [2.75, 3.05) is 7.11 Å². The average Bonchev–Trinajstić information content (AvgIpc) is 2.97. The highest BCUT2D eigenvalue weighted by atomic mass is 35.5. The van der Waals surface area contributed by atoms with Gasteiger partial charge in [-0.1, -0.05) is 36.7 Å². The number of hydrogen-bond donors (Lipinski definition) is 0. The van der Waals surface area contributed by atoms with Crippen molar-refractivity contribution in [1.82, 2.24) is 0 Å². The van der Waals surface area contributed by atoms with Crippen LogP contribution in [0.15, 0.2) is 29.4 Å². The number of thioether (sulfide) groups is 1. The lowest BCUT2D eigenvalue weighted by molar-refractivity contribution is -0.158. The molecule has 0 aromatic heterocycles. The van der Waals surface area contributed by atoms with Gasteiger partial charge in [0, 0.05) is 6.42 Å². The second-order valence-electron chi connectivity index (χ2n) is 6.02. The highest BCUT2D eigenvalue weighted by Gasteiger charge is 2.40. The van der Waals surface area contributed by atoms with Crippen molar-refractivity contribution in [3.63, 3.8) is 0 Å². The zero-order valence-electron chi connectivity index (χ0n) is 15.1. The Balaban J connectivity index is 2.10. The number of carbonyl (C=O) groups is 1. The average molecular weight is 425 g/mol. The van der Waals surface area contributed by atoms with Gasteiger partial charge in [0.2, 0.25) is 0 Å². The van der Waals surface area contributed by atoms with E-state index in [0.717, 1.165) is 18.6 Å². The number of esters is 1. The van der Waals surface area contributed by atoms with E-state index in [-0.39, 0.29) is 10.8 Å². The van der Waals surface area contributed by atoms with Crippen LogP contribution < -0.4 is 4.74 Å². The lowest BCUT2D eigenvalue weighted by Gasteiger charge is -2.30. The van der Waals surface area contributed by atoms with Gasteiger partial charge in [-0.25, -0.2) is 4.79 Å². The van der Waals surface area contributed by atoms with Crippen molar-refractivity contribution >= 4 is 29.3 Å². The Bertz CT molecular complexity index is 723. The van der Waals surface area contributed by atoms with Gasteiger partial charge in [0.25, 0.3) is 0 Å². The molecule has 1 heterocycles. The predicted molar refractivity (Wildman–Crippen MR) is 97.6 cm³/mol. The fraction of sp³-hybridized carbons (Fsp3) is 0.500. The van der Waals surface area contributed by atoms with E-state index in [1.54, 1.807) is 13.0 Å². The Morgan fingerprint density at radius 1 is 1.41 bits per heavy atom. The molecule has 27 heavy (non-hydrogen) atoms. The molecule has 150 valence electrons. The van der Waals surface area contributed by atoms with Crippen LogP contribution >= 0.6 is 23.4 Å². The van der Waals surface area contributed by atoms with Crippen LogP contribution in [0, 0.1) is 0 Å². The number of ether oxygens (including phenoxy) is 3. The third kappa shape index (κ3) is 5.56. The summed E-state index contributed by atoms with van der Waals surface area (Å²) < 4.78 is 54.5. The van der Waals surface area contributed by atoms with Gasteiger partial charge < -0.3 is 14.2 Å². The van der Waals surface area contributed by atoms with Crippen LogP contribution in [-0.4, -0.2) is 24.1 Å². The Hall–Kier alpha value is -1.38. The minimum absolute atomic E-state index is 0.122. The molecular weight excluding hydrogens is 405 g/mol. The highest BCUT2D eigenvalue weighted by molar-refractivity contribution is 8.04. The van der Waals surface area contributed by atoms with E-state index in [1.165, 1.54) is 24.9 Å². The van der Waals surface area contributed by atoms with Gasteiger partial charge in [-0.15, -0.1) is 0 Å². The van der Waals surface area contributed by atoms with Crippen molar-refractivity contribution in [2.24, 2.45) is 0 Å². The molecule has 0 radical (unpaired) electrons. The molecule has 0 saturated carbocycles. The SMILES string of the molecule is CCCC1(OC(C)C(=O)OC)CC=C(Oc2ccc(C(F)(F)F)cc2Cl)S1. The minimum atomic E-state index is -4.47. The fourth-order valence-corrected chi connectivity index (χ4v) is 4.19. The van der Waals surface area contributed by atoms with Crippen molar-refractivity contribution in [3.8, 4) is 5.75 Å².